The molecule has 7 heteroatoms. The van der Waals surface area contributed by atoms with Crippen LogP contribution in [0.4, 0.5) is 9.18 Å². The van der Waals surface area contributed by atoms with E-state index in [1.165, 1.54) is 4.90 Å². The molecule has 6 nitrogen and oxygen atoms in total. The van der Waals surface area contributed by atoms with Crippen LogP contribution < -0.4 is 11.1 Å². The fraction of sp³-hybridized carbons (Fsp3) is 0.867. The molecule has 0 aromatic rings. The van der Waals surface area contributed by atoms with Crippen LogP contribution in [0, 0.1) is 0 Å². The van der Waals surface area contributed by atoms with Gasteiger partial charge in [0.2, 0.25) is 5.91 Å². The summed E-state index contributed by atoms with van der Waals surface area (Å²) in [5, 5.41) is 2.61. The Morgan fingerprint density at radius 2 is 2.09 bits per heavy atom. The number of halogens is 1. The van der Waals surface area contributed by atoms with Crippen LogP contribution in [0.5, 0.6) is 0 Å². The first-order chi connectivity index (χ1) is 10.2. The second kappa shape index (κ2) is 8.31. The quantitative estimate of drug-likeness (QED) is 0.728. The third-order valence-electron chi connectivity index (χ3n) is 3.38. The number of rotatable bonds is 6. The Labute approximate surface area is 131 Å². The van der Waals surface area contributed by atoms with Gasteiger partial charge in [-0.25, -0.2) is 9.18 Å². The molecule has 1 rings (SSSR count). The smallest absolute Gasteiger partial charge is 0.408 e. The van der Waals surface area contributed by atoms with Crippen LogP contribution >= 0.6 is 0 Å². The first kappa shape index (κ1) is 18.7. The van der Waals surface area contributed by atoms with Crippen molar-refractivity contribution < 1.29 is 18.7 Å². The maximum atomic E-state index is 13.3. The lowest BCUT2D eigenvalue weighted by Gasteiger charge is -2.26. The lowest BCUT2D eigenvalue weighted by molar-refractivity contribution is -0.132. The van der Waals surface area contributed by atoms with Gasteiger partial charge < -0.3 is 20.7 Å². The van der Waals surface area contributed by atoms with Crippen LogP contribution in [0.3, 0.4) is 0 Å². The second-order valence-electron chi connectivity index (χ2n) is 6.65. The van der Waals surface area contributed by atoms with E-state index >= 15 is 0 Å². The van der Waals surface area contributed by atoms with E-state index < -0.39 is 23.9 Å². The number of nitrogens with two attached hydrogens (primary N) is 1. The predicted octanol–water partition coefficient (Wildman–Crippen LogP) is 1.58. The van der Waals surface area contributed by atoms with Crippen molar-refractivity contribution in [1.29, 1.82) is 0 Å². The highest BCUT2D eigenvalue weighted by atomic mass is 19.1. The highest BCUT2D eigenvalue weighted by molar-refractivity contribution is 5.86. The average Bonchev–Trinajstić information content (AvgIpc) is 2.81. The molecule has 1 heterocycles. The zero-order chi connectivity index (χ0) is 16.8. The van der Waals surface area contributed by atoms with Gasteiger partial charge in [-0.2, -0.15) is 0 Å². The monoisotopic (exact) mass is 317 g/mol. The molecule has 0 saturated carbocycles. The lowest BCUT2D eigenvalue weighted by Crippen LogP contribution is -2.49. The van der Waals surface area contributed by atoms with E-state index in [1.807, 2.05) is 0 Å². The molecule has 0 radical (unpaired) electrons. The zero-order valence-electron chi connectivity index (χ0n) is 13.7. The van der Waals surface area contributed by atoms with Gasteiger partial charge in [0.15, 0.2) is 0 Å². The first-order valence-corrected chi connectivity index (χ1v) is 7.85. The number of hydrogen-bond donors (Lipinski definition) is 2. The van der Waals surface area contributed by atoms with Gasteiger partial charge in [-0.1, -0.05) is 0 Å². The normalized spacial score (nSPS) is 19.9. The molecule has 2 amide bonds. The Balaban J connectivity index is 2.62. The molecule has 3 N–H and O–H groups in total. The molecular formula is C15H28FN3O3. The molecule has 1 saturated heterocycles. The van der Waals surface area contributed by atoms with Gasteiger partial charge in [-0.3, -0.25) is 4.79 Å². The Morgan fingerprint density at radius 1 is 1.41 bits per heavy atom. The average molecular weight is 317 g/mol. The van der Waals surface area contributed by atoms with E-state index in [4.69, 9.17) is 10.5 Å². The van der Waals surface area contributed by atoms with Crippen molar-refractivity contribution in [3.05, 3.63) is 0 Å². The third kappa shape index (κ3) is 6.60. The molecule has 1 aliphatic heterocycles. The summed E-state index contributed by atoms with van der Waals surface area (Å²) in [6.45, 7) is 6.29. The van der Waals surface area contributed by atoms with Crippen LogP contribution in [0.15, 0.2) is 0 Å². The molecule has 1 fully saturated rings. The first-order valence-electron chi connectivity index (χ1n) is 7.85. The predicted molar refractivity (Wildman–Crippen MR) is 82.2 cm³/mol. The number of hydrogen-bond acceptors (Lipinski definition) is 4. The SMILES string of the molecule is CC(C)(C)OC(=O)NC(CCCCN)C(=O)N1CC[C@H](F)C1. The number of ether oxygens (including phenoxy) is 1. The van der Waals surface area contributed by atoms with Crippen molar-refractivity contribution in [2.45, 2.75) is 64.3 Å². The fourth-order valence-electron chi connectivity index (χ4n) is 2.34. The molecule has 1 aliphatic rings. The van der Waals surface area contributed by atoms with Gasteiger partial charge in [0.05, 0.1) is 6.54 Å². The van der Waals surface area contributed by atoms with Crippen molar-refractivity contribution in [3.63, 3.8) is 0 Å². The minimum atomic E-state index is -0.977. The number of amides is 2. The number of alkyl halides is 1. The summed E-state index contributed by atoms with van der Waals surface area (Å²) in [7, 11) is 0. The largest absolute Gasteiger partial charge is 0.444 e. The molecule has 2 atom stereocenters. The van der Waals surface area contributed by atoms with Crippen molar-refractivity contribution in [3.8, 4) is 0 Å². The van der Waals surface area contributed by atoms with E-state index in [2.05, 4.69) is 5.32 Å². The molecule has 0 aromatic carbocycles. The standard InChI is InChI=1S/C15H28FN3O3/c1-15(2,3)22-14(21)18-12(6-4-5-8-17)13(20)19-9-7-11(16)10-19/h11-12H,4-10,17H2,1-3H3,(H,18,21)/t11-,12?/m0/s1. The Morgan fingerprint density at radius 3 is 2.59 bits per heavy atom. The van der Waals surface area contributed by atoms with Crippen LogP contribution in [0.1, 0.15) is 46.5 Å². The highest BCUT2D eigenvalue weighted by Gasteiger charge is 2.32. The highest BCUT2D eigenvalue weighted by Crippen LogP contribution is 2.16. The fourth-order valence-corrected chi connectivity index (χ4v) is 2.34. The molecular weight excluding hydrogens is 289 g/mol. The van der Waals surface area contributed by atoms with Gasteiger partial charge >= 0.3 is 6.09 Å². The third-order valence-corrected chi connectivity index (χ3v) is 3.38. The van der Waals surface area contributed by atoms with Crippen LogP contribution in [-0.2, 0) is 9.53 Å². The van der Waals surface area contributed by atoms with Gasteiger partial charge in [-0.05, 0) is 53.0 Å². The summed E-state index contributed by atoms with van der Waals surface area (Å²) in [6.07, 6.45) is 0.710. The lowest BCUT2D eigenvalue weighted by atomic mass is 10.1. The van der Waals surface area contributed by atoms with Crippen molar-refractivity contribution in [2.75, 3.05) is 19.6 Å². The Hall–Kier alpha value is -1.37. The van der Waals surface area contributed by atoms with Gasteiger partial charge in [-0.15, -0.1) is 0 Å². The summed E-state index contributed by atoms with van der Waals surface area (Å²) in [4.78, 5) is 25.8. The van der Waals surface area contributed by atoms with Gasteiger partial charge in [0.25, 0.3) is 0 Å². The number of unbranched alkanes of at least 4 members (excludes halogenated alkanes) is 1. The summed E-state index contributed by atoms with van der Waals surface area (Å²) in [6, 6.07) is -0.688. The molecule has 0 bridgehead atoms. The summed E-state index contributed by atoms with van der Waals surface area (Å²) < 4.78 is 18.5. The number of carbonyl (C=O) groups is 2. The number of nitrogens with zero attached hydrogens (tertiary/aromatic N) is 1. The molecule has 128 valence electrons. The van der Waals surface area contributed by atoms with E-state index in [9.17, 15) is 14.0 Å². The number of alkyl carbamates (subject to hydrolysis) is 1. The molecule has 0 aromatic heterocycles. The van der Waals surface area contributed by atoms with Gasteiger partial charge in [0, 0.05) is 6.54 Å². The molecule has 1 unspecified atom stereocenters. The van der Waals surface area contributed by atoms with Crippen LogP contribution in [0.2, 0.25) is 0 Å². The summed E-state index contributed by atoms with van der Waals surface area (Å²) >= 11 is 0. The Kier molecular flexibility index (Phi) is 7.06. The van der Waals surface area contributed by atoms with Gasteiger partial charge in [0.1, 0.15) is 17.8 Å². The summed E-state index contributed by atoms with van der Waals surface area (Å²) in [5.74, 6) is -0.247. The van der Waals surface area contributed by atoms with Crippen molar-refractivity contribution >= 4 is 12.0 Å². The maximum absolute atomic E-state index is 13.3. The number of nitrogens with one attached hydrogen (secondary N) is 1. The molecule has 0 aliphatic carbocycles. The molecule has 0 spiro atoms. The minimum Gasteiger partial charge on any atom is -0.444 e. The topological polar surface area (TPSA) is 84.7 Å². The Bertz CT molecular complexity index is 385. The molecule has 22 heavy (non-hydrogen) atoms. The number of carbonyl (C=O) groups excluding carboxylic acids is 2. The number of likely N-dealkylation sites (tertiary alicyclic amines) is 1. The van der Waals surface area contributed by atoms with Crippen molar-refractivity contribution in [1.82, 2.24) is 10.2 Å². The van der Waals surface area contributed by atoms with Crippen molar-refractivity contribution in [2.24, 2.45) is 5.73 Å². The second-order valence-corrected chi connectivity index (χ2v) is 6.65. The maximum Gasteiger partial charge on any atom is 0.408 e. The zero-order valence-corrected chi connectivity index (χ0v) is 13.7. The van der Waals surface area contributed by atoms with E-state index in [0.29, 0.717) is 25.9 Å². The van der Waals surface area contributed by atoms with E-state index in [1.54, 1.807) is 20.8 Å². The summed E-state index contributed by atoms with van der Waals surface area (Å²) in [5.41, 5.74) is 4.83. The van der Waals surface area contributed by atoms with Crippen LogP contribution in [0.25, 0.3) is 0 Å². The van der Waals surface area contributed by atoms with E-state index in [0.717, 1.165) is 12.8 Å². The van der Waals surface area contributed by atoms with Crippen LogP contribution in [-0.4, -0.2) is 54.3 Å². The minimum absolute atomic E-state index is 0.0994. The van der Waals surface area contributed by atoms with E-state index in [-0.39, 0.29) is 12.5 Å².